The molecular weight excluding hydrogens is 354 g/mol. The molecule has 5 heterocycles. The number of hydrogen-bond acceptors (Lipinski definition) is 7. The van der Waals surface area contributed by atoms with Crippen molar-refractivity contribution in [3.05, 3.63) is 47.0 Å². The predicted molar refractivity (Wildman–Crippen MR) is 105 cm³/mol. The molecule has 0 saturated carbocycles. The molecule has 148 valence electrons. The molecule has 1 spiro atoms. The Morgan fingerprint density at radius 3 is 2.86 bits per heavy atom. The summed E-state index contributed by atoms with van der Waals surface area (Å²) in [5, 5.41) is 0. The fraction of sp³-hybridized carbons (Fsp3) is 0.571. The third kappa shape index (κ3) is 3.27. The lowest BCUT2D eigenvalue weighted by Gasteiger charge is -2.36. The number of likely N-dealkylation sites (tertiary alicyclic amines) is 1. The second kappa shape index (κ2) is 7.39. The molecular formula is C21H27N5O2. The first-order valence-electron chi connectivity index (χ1n) is 10.1. The first-order chi connectivity index (χ1) is 13.7. The maximum absolute atomic E-state index is 6.05. The van der Waals surface area contributed by atoms with E-state index in [1.165, 1.54) is 16.8 Å². The Balaban J connectivity index is 1.44. The van der Waals surface area contributed by atoms with Gasteiger partial charge in [-0.05, 0) is 31.5 Å². The van der Waals surface area contributed by atoms with Crippen LogP contribution >= 0.6 is 0 Å². The van der Waals surface area contributed by atoms with Gasteiger partial charge in [0.1, 0.15) is 0 Å². The van der Waals surface area contributed by atoms with Gasteiger partial charge in [0.2, 0.25) is 5.95 Å². The fourth-order valence-electron chi connectivity index (χ4n) is 4.67. The summed E-state index contributed by atoms with van der Waals surface area (Å²) in [7, 11) is 0. The number of morpholine rings is 1. The Labute approximate surface area is 165 Å². The summed E-state index contributed by atoms with van der Waals surface area (Å²) in [5.74, 6) is 0.853. The third-order valence-corrected chi connectivity index (χ3v) is 6.18. The smallest absolute Gasteiger partial charge is 0.225 e. The van der Waals surface area contributed by atoms with Crippen molar-refractivity contribution in [3.8, 4) is 0 Å². The van der Waals surface area contributed by atoms with Crippen molar-refractivity contribution in [3.63, 3.8) is 0 Å². The van der Waals surface area contributed by atoms with Crippen LogP contribution in [0.3, 0.4) is 0 Å². The van der Waals surface area contributed by atoms with E-state index in [1.807, 2.05) is 18.5 Å². The minimum Gasteiger partial charge on any atom is -0.378 e. The first-order valence-corrected chi connectivity index (χ1v) is 10.1. The monoisotopic (exact) mass is 381 g/mol. The minimum absolute atomic E-state index is 0.0372. The van der Waals surface area contributed by atoms with Crippen molar-refractivity contribution in [2.75, 3.05) is 50.9 Å². The van der Waals surface area contributed by atoms with Gasteiger partial charge in [-0.25, -0.2) is 9.97 Å². The minimum atomic E-state index is -0.0372. The molecule has 0 aromatic carbocycles. The summed E-state index contributed by atoms with van der Waals surface area (Å²) in [6, 6.07) is 4.15. The van der Waals surface area contributed by atoms with E-state index in [0.717, 1.165) is 70.6 Å². The number of rotatable bonds is 3. The van der Waals surface area contributed by atoms with E-state index in [4.69, 9.17) is 19.4 Å². The highest BCUT2D eigenvalue weighted by Crippen LogP contribution is 2.40. The number of hydrogen-bond donors (Lipinski definition) is 0. The molecule has 2 aromatic rings. The Morgan fingerprint density at radius 2 is 2.04 bits per heavy atom. The van der Waals surface area contributed by atoms with Crippen molar-refractivity contribution in [1.82, 2.24) is 19.9 Å². The van der Waals surface area contributed by atoms with Gasteiger partial charge in [-0.1, -0.05) is 6.07 Å². The molecule has 2 aromatic heterocycles. The van der Waals surface area contributed by atoms with Gasteiger partial charge in [-0.15, -0.1) is 0 Å². The van der Waals surface area contributed by atoms with Crippen LogP contribution in [0.2, 0.25) is 0 Å². The number of fused-ring (bicyclic) bond motifs is 2. The Morgan fingerprint density at radius 1 is 1.14 bits per heavy atom. The molecule has 28 heavy (non-hydrogen) atoms. The summed E-state index contributed by atoms with van der Waals surface area (Å²) < 4.78 is 11.5. The second-order valence-corrected chi connectivity index (χ2v) is 8.13. The maximum Gasteiger partial charge on any atom is 0.225 e. The van der Waals surface area contributed by atoms with Gasteiger partial charge in [-0.2, -0.15) is 0 Å². The highest BCUT2D eigenvalue weighted by atomic mass is 16.5. The summed E-state index contributed by atoms with van der Waals surface area (Å²) in [5.41, 5.74) is 4.67. The Kier molecular flexibility index (Phi) is 4.74. The van der Waals surface area contributed by atoms with E-state index in [9.17, 15) is 0 Å². The van der Waals surface area contributed by atoms with Gasteiger partial charge in [0, 0.05) is 49.8 Å². The number of nitrogens with zero attached hydrogens (tertiary/aromatic N) is 5. The van der Waals surface area contributed by atoms with Crippen molar-refractivity contribution >= 4 is 5.95 Å². The zero-order valence-corrected chi connectivity index (χ0v) is 16.4. The fourth-order valence-corrected chi connectivity index (χ4v) is 4.67. The lowest BCUT2D eigenvalue weighted by Crippen LogP contribution is -2.42. The summed E-state index contributed by atoms with van der Waals surface area (Å²) >= 11 is 0. The summed E-state index contributed by atoms with van der Waals surface area (Å²) in [6.45, 7) is 9.59. The van der Waals surface area contributed by atoms with E-state index in [1.54, 1.807) is 0 Å². The normalized spacial score (nSPS) is 25.2. The molecule has 3 aliphatic rings. The first kappa shape index (κ1) is 18.0. The van der Waals surface area contributed by atoms with Gasteiger partial charge in [0.15, 0.2) is 0 Å². The van der Waals surface area contributed by atoms with Gasteiger partial charge >= 0.3 is 0 Å². The van der Waals surface area contributed by atoms with E-state index in [2.05, 4.69) is 27.8 Å². The van der Waals surface area contributed by atoms with Crippen molar-refractivity contribution in [2.45, 2.75) is 31.9 Å². The standard InChI is InChI=1S/C21H27N5O2/c1-16-18-13-28-15-21(4-6-25(14-21)12-17-3-2-5-22-11-17)19(18)24-20(23-16)26-7-9-27-10-8-26/h2-3,5,11H,4,6-10,12-15H2,1H3. The highest BCUT2D eigenvalue weighted by Gasteiger charge is 2.45. The molecule has 5 rings (SSSR count). The van der Waals surface area contributed by atoms with Crippen molar-refractivity contribution in [2.24, 2.45) is 0 Å². The highest BCUT2D eigenvalue weighted by molar-refractivity contribution is 5.42. The van der Waals surface area contributed by atoms with Crippen LogP contribution in [0.15, 0.2) is 24.5 Å². The van der Waals surface area contributed by atoms with Crippen LogP contribution < -0.4 is 4.90 Å². The van der Waals surface area contributed by atoms with E-state index >= 15 is 0 Å². The molecule has 3 aliphatic heterocycles. The molecule has 1 unspecified atom stereocenters. The van der Waals surface area contributed by atoms with Crippen LogP contribution in [0, 0.1) is 6.92 Å². The zero-order valence-electron chi connectivity index (χ0n) is 16.4. The largest absolute Gasteiger partial charge is 0.378 e. The second-order valence-electron chi connectivity index (χ2n) is 8.13. The number of anilines is 1. The molecule has 7 heteroatoms. The van der Waals surface area contributed by atoms with Crippen LogP contribution in [0.25, 0.3) is 0 Å². The van der Waals surface area contributed by atoms with Crippen LogP contribution in [0.5, 0.6) is 0 Å². The van der Waals surface area contributed by atoms with Gasteiger partial charge in [-0.3, -0.25) is 9.88 Å². The lowest BCUT2D eigenvalue weighted by molar-refractivity contribution is 0.0497. The third-order valence-electron chi connectivity index (χ3n) is 6.18. The van der Waals surface area contributed by atoms with Crippen LogP contribution in [-0.4, -0.2) is 65.9 Å². The summed E-state index contributed by atoms with van der Waals surface area (Å²) in [4.78, 5) is 18.9. The molecule has 0 N–H and O–H groups in total. The zero-order chi connectivity index (χ0) is 19.0. The van der Waals surface area contributed by atoms with Crippen molar-refractivity contribution < 1.29 is 9.47 Å². The van der Waals surface area contributed by atoms with E-state index in [-0.39, 0.29) is 5.41 Å². The predicted octanol–water partition coefficient (Wildman–Crippen LogP) is 1.69. The van der Waals surface area contributed by atoms with Gasteiger partial charge in [0.05, 0.1) is 37.5 Å². The molecule has 1 atom stereocenters. The van der Waals surface area contributed by atoms with Crippen LogP contribution in [-0.2, 0) is 28.0 Å². The molecule has 2 saturated heterocycles. The number of pyridine rings is 1. The maximum atomic E-state index is 6.05. The van der Waals surface area contributed by atoms with Gasteiger partial charge < -0.3 is 14.4 Å². The topological polar surface area (TPSA) is 63.6 Å². The van der Waals surface area contributed by atoms with E-state index in [0.29, 0.717) is 6.61 Å². The quantitative estimate of drug-likeness (QED) is 0.802. The number of aromatic nitrogens is 3. The molecule has 0 radical (unpaired) electrons. The lowest BCUT2D eigenvalue weighted by atomic mass is 9.80. The summed E-state index contributed by atoms with van der Waals surface area (Å²) in [6.07, 6.45) is 4.85. The Bertz CT molecular complexity index is 840. The molecule has 0 aliphatic carbocycles. The van der Waals surface area contributed by atoms with Crippen LogP contribution in [0.4, 0.5) is 5.95 Å². The van der Waals surface area contributed by atoms with E-state index < -0.39 is 0 Å². The average molecular weight is 381 g/mol. The number of ether oxygens (including phenoxy) is 2. The molecule has 2 fully saturated rings. The molecule has 0 bridgehead atoms. The molecule has 7 nitrogen and oxygen atoms in total. The van der Waals surface area contributed by atoms with Crippen molar-refractivity contribution in [1.29, 1.82) is 0 Å². The SMILES string of the molecule is Cc1nc(N2CCOCC2)nc2c1COCC21CCN(Cc2cccnc2)C1. The van der Waals surface area contributed by atoms with Gasteiger partial charge in [0.25, 0.3) is 0 Å². The van der Waals surface area contributed by atoms with Crippen LogP contribution in [0.1, 0.15) is 28.9 Å². The number of aryl methyl sites for hydroxylation is 1. The Hall–Kier alpha value is -2.09. The average Bonchev–Trinajstić information content (AvgIpc) is 3.13. The molecule has 0 amide bonds.